The van der Waals surface area contributed by atoms with Crippen LogP contribution in [0.15, 0.2) is 66.8 Å². The number of thiazole rings is 1. The predicted octanol–water partition coefficient (Wildman–Crippen LogP) is 5.40. The lowest BCUT2D eigenvalue weighted by Crippen LogP contribution is -2.23. The third-order valence-corrected chi connectivity index (χ3v) is 5.90. The largest absolute Gasteiger partial charge is 0.457 e. The van der Waals surface area contributed by atoms with E-state index in [-0.39, 0.29) is 5.91 Å². The van der Waals surface area contributed by atoms with E-state index in [1.54, 1.807) is 19.3 Å². The number of aromatic nitrogens is 1. The minimum absolute atomic E-state index is 0.105. The SMILES string of the molecule is CN1C(=O)/C(=C\c2ccc(-c3ccc(Br)cc3)o2)S/C1=N/c1nccs1. The summed E-state index contributed by atoms with van der Waals surface area (Å²) in [7, 11) is 1.71. The van der Waals surface area contributed by atoms with Crippen LogP contribution in [0.2, 0.25) is 0 Å². The fraction of sp³-hybridized carbons (Fsp3) is 0.0556. The number of hydrogen-bond acceptors (Lipinski definition) is 6. The van der Waals surface area contributed by atoms with Gasteiger partial charge in [-0.05, 0) is 36.0 Å². The molecule has 26 heavy (non-hydrogen) atoms. The zero-order chi connectivity index (χ0) is 18.1. The van der Waals surface area contributed by atoms with Gasteiger partial charge in [-0.3, -0.25) is 9.69 Å². The molecule has 3 aromatic rings. The molecule has 0 atom stereocenters. The van der Waals surface area contributed by atoms with Gasteiger partial charge in [-0.15, -0.1) is 11.3 Å². The first-order valence-electron chi connectivity index (χ1n) is 7.62. The molecule has 1 amide bonds. The third kappa shape index (κ3) is 3.53. The molecular formula is C18H12BrN3O2S2. The number of benzene rings is 1. The van der Waals surface area contributed by atoms with Gasteiger partial charge in [0.15, 0.2) is 5.17 Å². The predicted molar refractivity (Wildman–Crippen MR) is 109 cm³/mol. The van der Waals surface area contributed by atoms with Gasteiger partial charge in [0.25, 0.3) is 5.91 Å². The van der Waals surface area contributed by atoms with E-state index in [1.165, 1.54) is 28.0 Å². The molecular weight excluding hydrogens is 434 g/mol. The quantitative estimate of drug-likeness (QED) is 0.506. The van der Waals surface area contributed by atoms with E-state index in [0.717, 1.165) is 15.8 Å². The number of likely N-dealkylation sites (N-methyl/N-ethyl adjacent to an activating group) is 1. The smallest absolute Gasteiger partial charge is 0.266 e. The van der Waals surface area contributed by atoms with Gasteiger partial charge in [-0.2, -0.15) is 4.99 Å². The summed E-state index contributed by atoms with van der Waals surface area (Å²) in [4.78, 5) is 23.1. The van der Waals surface area contributed by atoms with Crippen LogP contribution >= 0.6 is 39.0 Å². The number of hydrogen-bond donors (Lipinski definition) is 0. The lowest BCUT2D eigenvalue weighted by Gasteiger charge is -2.05. The summed E-state index contributed by atoms with van der Waals surface area (Å²) in [6, 6.07) is 11.6. The molecule has 1 aliphatic rings. The molecule has 0 unspecified atom stereocenters. The summed E-state index contributed by atoms with van der Waals surface area (Å²) in [5.41, 5.74) is 0.978. The van der Waals surface area contributed by atoms with Crippen molar-refractivity contribution in [3.63, 3.8) is 0 Å². The molecule has 0 aliphatic carbocycles. The van der Waals surface area contributed by atoms with Crippen molar-refractivity contribution in [2.45, 2.75) is 0 Å². The molecule has 130 valence electrons. The number of amides is 1. The van der Waals surface area contributed by atoms with Gasteiger partial charge in [0.2, 0.25) is 5.13 Å². The van der Waals surface area contributed by atoms with Crippen molar-refractivity contribution < 1.29 is 9.21 Å². The summed E-state index contributed by atoms with van der Waals surface area (Å²) in [5, 5.41) is 3.09. The molecule has 1 fully saturated rings. The van der Waals surface area contributed by atoms with Crippen molar-refractivity contribution in [1.29, 1.82) is 0 Å². The van der Waals surface area contributed by atoms with E-state index >= 15 is 0 Å². The first kappa shape index (κ1) is 17.3. The van der Waals surface area contributed by atoms with Crippen molar-refractivity contribution >= 4 is 61.3 Å². The Morgan fingerprint density at radius 1 is 1.23 bits per heavy atom. The van der Waals surface area contributed by atoms with Crippen molar-refractivity contribution in [3.8, 4) is 11.3 Å². The Morgan fingerprint density at radius 2 is 2.04 bits per heavy atom. The molecule has 0 radical (unpaired) electrons. The zero-order valence-electron chi connectivity index (χ0n) is 13.5. The highest BCUT2D eigenvalue weighted by atomic mass is 79.9. The van der Waals surface area contributed by atoms with Crippen LogP contribution in [0.1, 0.15) is 5.76 Å². The van der Waals surface area contributed by atoms with E-state index in [9.17, 15) is 4.79 Å². The molecule has 5 nitrogen and oxygen atoms in total. The van der Waals surface area contributed by atoms with Gasteiger partial charge < -0.3 is 4.42 Å². The highest BCUT2D eigenvalue weighted by molar-refractivity contribution is 9.10. The number of halogens is 1. The van der Waals surface area contributed by atoms with Crippen molar-refractivity contribution in [2.75, 3.05) is 7.05 Å². The first-order chi connectivity index (χ1) is 12.6. The number of furan rings is 1. The van der Waals surface area contributed by atoms with Gasteiger partial charge in [0.05, 0.1) is 4.91 Å². The molecule has 0 spiro atoms. The van der Waals surface area contributed by atoms with Crippen molar-refractivity contribution in [3.05, 3.63) is 63.1 Å². The van der Waals surface area contributed by atoms with Crippen molar-refractivity contribution in [2.24, 2.45) is 4.99 Å². The Kier molecular flexibility index (Phi) is 4.80. The summed E-state index contributed by atoms with van der Waals surface area (Å²) in [5.74, 6) is 1.28. The van der Waals surface area contributed by atoms with E-state index in [0.29, 0.717) is 21.0 Å². The monoisotopic (exact) mass is 445 g/mol. The van der Waals surface area contributed by atoms with E-state index in [4.69, 9.17) is 4.42 Å². The molecule has 1 aliphatic heterocycles. The number of aliphatic imine (C=N–C) groups is 1. The molecule has 2 aromatic heterocycles. The Labute approximate surface area is 166 Å². The minimum atomic E-state index is -0.105. The number of rotatable bonds is 3. The molecule has 1 aromatic carbocycles. The van der Waals surface area contributed by atoms with Gasteiger partial charge in [-0.1, -0.05) is 28.1 Å². The maximum Gasteiger partial charge on any atom is 0.266 e. The van der Waals surface area contributed by atoms with Gasteiger partial charge in [0, 0.05) is 34.7 Å². The van der Waals surface area contributed by atoms with Crippen LogP contribution in [-0.2, 0) is 4.79 Å². The van der Waals surface area contributed by atoms with Crippen LogP contribution in [0.4, 0.5) is 5.13 Å². The van der Waals surface area contributed by atoms with Crippen LogP contribution in [0, 0.1) is 0 Å². The molecule has 0 bridgehead atoms. The second-order valence-electron chi connectivity index (χ2n) is 5.39. The highest BCUT2D eigenvalue weighted by Crippen LogP contribution is 2.34. The summed E-state index contributed by atoms with van der Waals surface area (Å²) in [6.45, 7) is 0. The summed E-state index contributed by atoms with van der Waals surface area (Å²) in [6.07, 6.45) is 3.44. The average Bonchev–Trinajstić information content (AvgIpc) is 3.36. The number of thioether (sulfide) groups is 1. The molecule has 8 heteroatoms. The number of carbonyl (C=O) groups is 1. The number of amidine groups is 1. The lowest BCUT2D eigenvalue weighted by atomic mass is 10.2. The average molecular weight is 446 g/mol. The van der Waals surface area contributed by atoms with Crippen LogP contribution in [-0.4, -0.2) is 28.0 Å². The zero-order valence-corrected chi connectivity index (χ0v) is 16.8. The Bertz CT molecular complexity index is 1010. The van der Waals surface area contributed by atoms with E-state index in [2.05, 4.69) is 25.9 Å². The van der Waals surface area contributed by atoms with Gasteiger partial charge in [-0.25, -0.2) is 4.98 Å². The highest BCUT2D eigenvalue weighted by Gasteiger charge is 2.31. The van der Waals surface area contributed by atoms with Crippen molar-refractivity contribution in [1.82, 2.24) is 9.88 Å². The maximum absolute atomic E-state index is 12.5. The second kappa shape index (κ2) is 7.22. The van der Waals surface area contributed by atoms with E-state index in [1.807, 2.05) is 41.8 Å². The molecule has 0 N–H and O–H groups in total. The van der Waals surface area contributed by atoms with Gasteiger partial charge >= 0.3 is 0 Å². The topological polar surface area (TPSA) is 58.7 Å². The lowest BCUT2D eigenvalue weighted by molar-refractivity contribution is -0.121. The van der Waals surface area contributed by atoms with Crippen LogP contribution in [0.3, 0.4) is 0 Å². The fourth-order valence-corrected chi connectivity index (χ4v) is 4.11. The molecule has 0 saturated carbocycles. The van der Waals surface area contributed by atoms with Gasteiger partial charge in [0.1, 0.15) is 11.5 Å². The minimum Gasteiger partial charge on any atom is -0.457 e. The second-order valence-corrected chi connectivity index (χ2v) is 8.19. The normalized spacial score (nSPS) is 17.6. The van der Waals surface area contributed by atoms with E-state index < -0.39 is 0 Å². The Balaban J connectivity index is 1.59. The molecule has 3 heterocycles. The molecule has 1 saturated heterocycles. The summed E-state index contributed by atoms with van der Waals surface area (Å²) < 4.78 is 6.88. The first-order valence-corrected chi connectivity index (χ1v) is 10.1. The van der Waals surface area contributed by atoms with Crippen LogP contribution in [0.5, 0.6) is 0 Å². The summed E-state index contributed by atoms with van der Waals surface area (Å²) >= 11 is 6.16. The van der Waals surface area contributed by atoms with Crippen LogP contribution < -0.4 is 0 Å². The standard InChI is InChI=1S/C18H12BrN3O2S2/c1-22-16(23)15(26-18(22)21-17-20-8-9-25-17)10-13-6-7-14(24-13)11-2-4-12(19)5-3-11/h2-10H,1H3/b15-10+,21-18+. The number of nitrogens with zero attached hydrogens (tertiary/aromatic N) is 3. The Morgan fingerprint density at radius 3 is 2.77 bits per heavy atom. The molecule has 4 rings (SSSR count). The number of carbonyl (C=O) groups excluding carboxylic acids is 1. The fourth-order valence-electron chi connectivity index (χ4n) is 2.33. The van der Waals surface area contributed by atoms with Crippen LogP contribution in [0.25, 0.3) is 17.4 Å². The Hall–Kier alpha value is -2.16. The third-order valence-electron chi connectivity index (χ3n) is 3.64. The maximum atomic E-state index is 12.5.